The first-order valence-corrected chi connectivity index (χ1v) is 8.85. The average molecular weight is 366 g/mol. The lowest BCUT2D eigenvalue weighted by atomic mass is 10.0. The maximum Gasteiger partial charge on any atom is 0.206 e. The van der Waals surface area contributed by atoms with Gasteiger partial charge >= 0.3 is 0 Å². The van der Waals surface area contributed by atoms with Crippen LogP contribution >= 0.6 is 0 Å². The summed E-state index contributed by atoms with van der Waals surface area (Å²) in [4.78, 5) is 23.2. The van der Waals surface area contributed by atoms with Crippen LogP contribution in [0.2, 0.25) is 0 Å². The third-order valence-electron chi connectivity index (χ3n) is 4.78. The highest BCUT2D eigenvalue weighted by molar-refractivity contribution is 6.22. The molecule has 8 heteroatoms. The van der Waals surface area contributed by atoms with Gasteiger partial charge in [-0.05, 0) is 26.2 Å². The van der Waals surface area contributed by atoms with Gasteiger partial charge in [0.2, 0.25) is 5.43 Å². The van der Waals surface area contributed by atoms with Crippen LogP contribution in [0, 0.1) is 0 Å². The van der Waals surface area contributed by atoms with Gasteiger partial charge in [-0.2, -0.15) is 0 Å². The lowest BCUT2D eigenvalue weighted by molar-refractivity contribution is 0.419. The Balaban J connectivity index is 2.16. The molecule has 0 aliphatic carbocycles. The van der Waals surface area contributed by atoms with E-state index < -0.39 is 0 Å². The fourth-order valence-corrected chi connectivity index (χ4v) is 3.55. The molecule has 2 heterocycles. The molecule has 4 rings (SSSR count). The van der Waals surface area contributed by atoms with E-state index in [-0.39, 0.29) is 11.2 Å². The lowest BCUT2D eigenvalue weighted by Gasteiger charge is -2.08. The Morgan fingerprint density at radius 3 is 2.81 bits per heavy atom. The van der Waals surface area contributed by atoms with Gasteiger partial charge < -0.3 is 15.7 Å². The van der Waals surface area contributed by atoms with Crippen molar-refractivity contribution >= 4 is 32.6 Å². The average Bonchev–Trinajstić information content (AvgIpc) is 2.99. The first kappa shape index (κ1) is 17.4. The van der Waals surface area contributed by atoms with E-state index in [2.05, 4.69) is 20.0 Å². The molecule has 0 aliphatic heterocycles. The minimum atomic E-state index is -0.234. The van der Waals surface area contributed by atoms with Crippen molar-refractivity contribution in [2.75, 3.05) is 33.7 Å². The van der Waals surface area contributed by atoms with Gasteiger partial charge in [0, 0.05) is 30.1 Å². The zero-order chi connectivity index (χ0) is 19.1. The molecule has 2 aromatic carbocycles. The first-order valence-electron chi connectivity index (χ1n) is 8.85. The minimum Gasteiger partial charge on any atom is -0.507 e. The van der Waals surface area contributed by atoms with E-state index in [1.165, 1.54) is 12.4 Å². The molecular formula is C19H22N6O2. The molecule has 140 valence electrons. The summed E-state index contributed by atoms with van der Waals surface area (Å²) in [5.41, 5.74) is 7.07. The number of H-pyrrole nitrogens is 1. The van der Waals surface area contributed by atoms with Crippen molar-refractivity contribution < 1.29 is 5.11 Å². The van der Waals surface area contributed by atoms with E-state index in [9.17, 15) is 9.90 Å². The normalized spacial score (nSPS) is 13.0. The molecule has 0 atom stereocenters. The Hall–Kier alpha value is -2.97. The van der Waals surface area contributed by atoms with Crippen LogP contribution in [0.1, 0.15) is 0 Å². The van der Waals surface area contributed by atoms with Crippen molar-refractivity contribution in [3.63, 3.8) is 0 Å². The van der Waals surface area contributed by atoms with Crippen molar-refractivity contribution in [2.24, 2.45) is 10.7 Å². The SMILES string of the molecule is CN(C)CCN=c1ccc2c3c1c(O)c1cncc(=O)c1c3[nH]n2CCN. The number of nitrogens with zero attached hydrogens (tertiary/aromatic N) is 4. The summed E-state index contributed by atoms with van der Waals surface area (Å²) in [7, 11) is 3.98. The number of pyridine rings is 1. The van der Waals surface area contributed by atoms with Gasteiger partial charge in [0.15, 0.2) is 0 Å². The number of likely N-dealkylation sites (N-methyl/N-ethyl adjacent to an activating group) is 1. The van der Waals surface area contributed by atoms with Crippen molar-refractivity contribution in [3.05, 3.63) is 40.1 Å². The molecule has 27 heavy (non-hydrogen) atoms. The third kappa shape index (κ3) is 2.73. The Kier molecular flexibility index (Phi) is 4.29. The van der Waals surface area contributed by atoms with E-state index >= 15 is 0 Å². The third-order valence-corrected chi connectivity index (χ3v) is 4.78. The zero-order valence-corrected chi connectivity index (χ0v) is 15.4. The van der Waals surface area contributed by atoms with E-state index in [0.29, 0.717) is 46.7 Å². The topological polar surface area (TPSA) is 113 Å². The second-order valence-corrected chi connectivity index (χ2v) is 6.87. The lowest BCUT2D eigenvalue weighted by Crippen LogP contribution is -2.17. The Morgan fingerprint density at radius 2 is 2.07 bits per heavy atom. The number of phenols is 1. The van der Waals surface area contributed by atoms with Crippen LogP contribution in [0.15, 0.2) is 34.3 Å². The largest absolute Gasteiger partial charge is 0.507 e. The van der Waals surface area contributed by atoms with Crippen LogP contribution in [0.4, 0.5) is 0 Å². The molecule has 0 amide bonds. The number of nitrogens with one attached hydrogen (secondary N) is 1. The molecule has 0 spiro atoms. The summed E-state index contributed by atoms with van der Waals surface area (Å²) in [5, 5.41) is 17.3. The number of benzene rings is 2. The van der Waals surface area contributed by atoms with E-state index in [1.54, 1.807) is 0 Å². The van der Waals surface area contributed by atoms with Gasteiger partial charge in [0.25, 0.3) is 0 Å². The zero-order valence-electron chi connectivity index (χ0n) is 15.4. The van der Waals surface area contributed by atoms with Crippen LogP contribution in [-0.4, -0.2) is 58.5 Å². The van der Waals surface area contributed by atoms with Crippen LogP contribution in [0.5, 0.6) is 5.75 Å². The summed E-state index contributed by atoms with van der Waals surface area (Å²) in [6, 6.07) is 3.85. The highest BCUT2D eigenvalue weighted by Gasteiger charge is 2.19. The smallest absolute Gasteiger partial charge is 0.206 e. The number of aromatic amines is 1. The molecule has 0 aliphatic rings. The maximum atomic E-state index is 12.5. The van der Waals surface area contributed by atoms with Crippen LogP contribution in [0.3, 0.4) is 0 Å². The van der Waals surface area contributed by atoms with Gasteiger partial charge in [0.05, 0.1) is 46.4 Å². The molecule has 4 aromatic rings. The van der Waals surface area contributed by atoms with Gasteiger partial charge in [-0.15, -0.1) is 0 Å². The Bertz CT molecular complexity index is 1250. The number of fused-ring (bicyclic) bond motifs is 2. The van der Waals surface area contributed by atoms with Crippen LogP contribution in [0.25, 0.3) is 32.6 Å². The van der Waals surface area contributed by atoms with Gasteiger partial charge in [-0.25, -0.2) is 0 Å². The summed E-state index contributed by atoms with van der Waals surface area (Å²) < 4.78 is 1.90. The number of hydrogen-bond donors (Lipinski definition) is 3. The molecular weight excluding hydrogens is 344 g/mol. The highest BCUT2D eigenvalue weighted by atomic mass is 16.3. The first-order chi connectivity index (χ1) is 13.0. The summed E-state index contributed by atoms with van der Waals surface area (Å²) in [5.74, 6) is 0.0378. The molecule has 0 saturated heterocycles. The Labute approximate surface area is 154 Å². The molecule has 0 unspecified atom stereocenters. The van der Waals surface area contributed by atoms with Crippen molar-refractivity contribution in [1.82, 2.24) is 19.7 Å². The van der Waals surface area contributed by atoms with Gasteiger partial charge in [-0.3, -0.25) is 24.6 Å². The molecule has 8 nitrogen and oxygen atoms in total. The van der Waals surface area contributed by atoms with E-state index in [1.807, 2.05) is 30.9 Å². The number of aromatic hydroxyl groups is 1. The number of hydrogen-bond acceptors (Lipinski definition) is 6. The number of phenolic OH excluding ortho intramolecular Hbond substituents is 1. The fourth-order valence-electron chi connectivity index (χ4n) is 3.55. The molecule has 0 fully saturated rings. The number of rotatable bonds is 5. The molecule has 4 N–H and O–H groups in total. The second-order valence-electron chi connectivity index (χ2n) is 6.87. The van der Waals surface area contributed by atoms with Crippen LogP contribution < -0.4 is 16.5 Å². The quantitative estimate of drug-likeness (QED) is 0.448. The van der Waals surface area contributed by atoms with Crippen molar-refractivity contribution in [3.8, 4) is 5.75 Å². The predicted octanol–water partition coefficient (Wildman–Crippen LogP) is 0.595. The minimum absolute atomic E-state index is 0.0378. The molecule has 0 bridgehead atoms. The highest BCUT2D eigenvalue weighted by Crippen LogP contribution is 2.37. The molecule has 0 radical (unpaired) electrons. The van der Waals surface area contributed by atoms with Crippen LogP contribution in [-0.2, 0) is 6.54 Å². The fraction of sp³-hybridized carbons (Fsp3) is 0.316. The molecule has 2 aromatic heterocycles. The van der Waals surface area contributed by atoms with Gasteiger partial charge in [-0.1, -0.05) is 0 Å². The summed E-state index contributed by atoms with van der Waals surface area (Å²) in [6.07, 6.45) is 2.79. The summed E-state index contributed by atoms with van der Waals surface area (Å²) >= 11 is 0. The van der Waals surface area contributed by atoms with E-state index in [0.717, 1.165) is 17.4 Å². The number of nitrogens with two attached hydrogens (primary N) is 1. The van der Waals surface area contributed by atoms with Gasteiger partial charge in [0.1, 0.15) is 5.75 Å². The van der Waals surface area contributed by atoms with E-state index in [4.69, 9.17) is 5.73 Å². The maximum absolute atomic E-state index is 12.5. The number of aromatic nitrogens is 3. The Morgan fingerprint density at radius 1 is 1.26 bits per heavy atom. The standard InChI is InChI=1S/C19H22N6O2/c1-24(2)8-6-22-12-3-4-13-17-16(12)19(27)11-9-21-10-14(26)15(11)18(17)23-25(13)7-5-20/h3-4,9-10,23,27H,5-8,20H2,1-2H3. The second kappa shape index (κ2) is 6.64. The monoisotopic (exact) mass is 366 g/mol. The summed E-state index contributed by atoms with van der Waals surface area (Å²) in [6.45, 7) is 2.43. The van der Waals surface area contributed by atoms with Crippen molar-refractivity contribution in [2.45, 2.75) is 6.54 Å². The predicted molar refractivity (Wildman–Crippen MR) is 106 cm³/mol. The molecule has 0 saturated carbocycles. The van der Waals surface area contributed by atoms with Crippen molar-refractivity contribution in [1.29, 1.82) is 0 Å².